The predicted octanol–water partition coefficient (Wildman–Crippen LogP) is 4.19. The van der Waals surface area contributed by atoms with Crippen molar-refractivity contribution in [3.8, 4) is 17.1 Å². The third-order valence-electron chi connectivity index (χ3n) is 5.56. The maximum atomic E-state index is 13.2. The van der Waals surface area contributed by atoms with Crippen molar-refractivity contribution < 1.29 is 22.4 Å². The predicted molar refractivity (Wildman–Crippen MR) is 108 cm³/mol. The standard InChI is InChI=1S/C21H19F3N6O2/c1-31-16-6-2-4-13(10-16)18-25-20(32-28-18)29-9-3-5-14(11-29)19-27-26-17-8-7-15(12-30(17)19)21(22,23)24/h2,4,6-8,10,12,14H,3,5,9,11H2,1H3. The maximum absolute atomic E-state index is 13.2. The van der Waals surface area contributed by atoms with E-state index in [0.717, 1.165) is 30.7 Å². The topological polar surface area (TPSA) is 81.6 Å². The normalized spacial score (nSPS) is 17.1. The number of fused-ring (bicyclic) bond motifs is 1. The molecule has 32 heavy (non-hydrogen) atoms. The number of aromatic nitrogens is 5. The van der Waals surface area contributed by atoms with Crippen molar-refractivity contribution in [2.24, 2.45) is 0 Å². The van der Waals surface area contributed by atoms with Crippen molar-refractivity contribution in [3.63, 3.8) is 0 Å². The number of hydrogen-bond acceptors (Lipinski definition) is 7. The fourth-order valence-corrected chi connectivity index (χ4v) is 3.94. The summed E-state index contributed by atoms with van der Waals surface area (Å²) in [6, 6.07) is 10.0. The van der Waals surface area contributed by atoms with Gasteiger partial charge in [-0.15, -0.1) is 10.2 Å². The second kappa shape index (κ2) is 7.81. The number of nitrogens with zero attached hydrogens (tertiary/aromatic N) is 6. The number of alkyl halides is 3. The molecule has 0 amide bonds. The number of pyridine rings is 1. The van der Waals surface area contributed by atoms with Crippen LogP contribution in [0.2, 0.25) is 0 Å². The Labute approximate surface area is 180 Å². The van der Waals surface area contributed by atoms with Gasteiger partial charge in [-0.25, -0.2) is 0 Å². The number of anilines is 1. The Morgan fingerprint density at radius 1 is 1.16 bits per heavy atom. The van der Waals surface area contributed by atoms with Crippen molar-refractivity contribution in [2.75, 3.05) is 25.1 Å². The lowest BCUT2D eigenvalue weighted by Gasteiger charge is -2.30. The molecule has 4 aromatic rings. The van der Waals surface area contributed by atoms with Gasteiger partial charge in [-0.1, -0.05) is 17.3 Å². The Balaban J connectivity index is 1.40. The fraction of sp³-hybridized carbons (Fsp3) is 0.333. The minimum absolute atomic E-state index is 0.130. The Kier molecular flexibility index (Phi) is 4.95. The van der Waals surface area contributed by atoms with Crippen molar-refractivity contribution in [3.05, 3.63) is 54.0 Å². The van der Waals surface area contributed by atoms with Crippen LogP contribution >= 0.6 is 0 Å². The quantitative estimate of drug-likeness (QED) is 0.467. The van der Waals surface area contributed by atoms with Crippen LogP contribution in [0.5, 0.6) is 5.75 Å². The van der Waals surface area contributed by atoms with Gasteiger partial charge in [0.25, 0.3) is 0 Å². The van der Waals surface area contributed by atoms with E-state index < -0.39 is 11.7 Å². The van der Waals surface area contributed by atoms with Crippen LogP contribution < -0.4 is 9.64 Å². The molecule has 0 spiro atoms. The summed E-state index contributed by atoms with van der Waals surface area (Å²) in [6.07, 6.45) is -1.81. The van der Waals surface area contributed by atoms with Gasteiger partial charge in [-0.2, -0.15) is 18.2 Å². The van der Waals surface area contributed by atoms with Gasteiger partial charge in [0, 0.05) is 30.8 Å². The highest BCUT2D eigenvalue weighted by molar-refractivity contribution is 5.58. The zero-order valence-electron chi connectivity index (χ0n) is 17.1. The molecule has 0 saturated carbocycles. The Hall–Kier alpha value is -3.63. The fourth-order valence-electron chi connectivity index (χ4n) is 3.94. The van der Waals surface area contributed by atoms with Crippen LogP contribution in [0.3, 0.4) is 0 Å². The third kappa shape index (κ3) is 3.74. The monoisotopic (exact) mass is 444 g/mol. The molecule has 0 radical (unpaired) electrons. The first kappa shape index (κ1) is 20.3. The number of rotatable bonds is 4. The van der Waals surface area contributed by atoms with E-state index in [1.807, 2.05) is 29.2 Å². The summed E-state index contributed by atoms with van der Waals surface area (Å²) in [5.41, 5.74) is 0.401. The van der Waals surface area contributed by atoms with Crippen molar-refractivity contribution >= 4 is 11.7 Å². The highest BCUT2D eigenvalue weighted by Gasteiger charge is 2.33. The van der Waals surface area contributed by atoms with Crippen LogP contribution in [-0.4, -0.2) is 44.9 Å². The smallest absolute Gasteiger partial charge is 0.417 e. The molecule has 3 aromatic heterocycles. The van der Waals surface area contributed by atoms with Gasteiger partial charge in [0.1, 0.15) is 11.6 Å². The third-order valence-corrected chi connectivity index (χ3v) is 5.56. The van der Waals surface area contributed by atoms with Gasteiger partial charge in [0.2, 0.25) is 5.82 Å². The first-order valence-electron chi connectivity index (χ1n) is 10.1. The van der Waals surface area contributed by atoms with Crippen molar-refractivity contribution in [1.82, 2.24) is 24.7 Å². The zero-order chi connectivity index (χ0) is 22.3. The molecule has 0 aliphatic carbocycles. The Morgan fingerprint density at radius 3 is 2.84 bits per heavy atom. The minimum Gasteiger partial charge on any atom is -0.497 e. The van der Waals surface area contributed by atoms with E-state index in [0.29, 0.717) is 42.1 Å². The first-order valence-corrected chi connectivity index (χ1v) is 10.1. The van der Waals surface area contributed by atoms with E-state index in [1.54, 1.807) is 7.11 Å². The average molecular weight is 444 g/mol. The lowest BCUT2D eigenvalue weighted by Crippen LogP contribution is -2.35. The lowest BCUT2D eigenvalue weighted by atomic mass is 9.97. The van der Waals surface area contributed by atoms with E-state index in [9.17, 15) is 13.2 Å². The van der Waals surface area contributed by atoms with E-state index >= 15 is 0 Å². The summed E-state index contributed by atoms with van der Waals surface area (Å²) in [5, 5.41) is 12.3. The minimum atomic E-state index is -4.44. The molecule has 8 nitrogen and oxygen atoms in total. The molecule has 11 heteroatoms. The molecule has 1 aromatic carbocycles. The van der Waals surface area contributed by atoms with Crippen LogP contribution in [0.4, 0.5) is 19.2 Å². The van der Waals surface area contributed by atoms with Gasteiger partial charge in [0.15, 0.2) is 5.65 Å². The molecule has 1 atom stereocenters. The summed E-state index contributed by atoms with van der Waals surface area (Å²) < 4.78 is 51.7. The van der Waals surface area contributed by atoms with E-state index in [-0.39, 0.29) is 5.92 Å². The molecular formula is C21H19F3N6O2. The number of halogens is 3. The highest BCUT2D eigenvalue weighted by atomic mass is 19.4. The van der Waals surface area contributed by atoms with E-state index in [2.05, 4.69) is 20.3 Å². The Morgan fingerprint density at radius 2 is 2.03 bits per heavy atom. The second-order valence-corrected chi connectivity index (χ2v) is 7.62. The van der Waals surface area contributed by atoms with E-state index in [1.165, 1.54) is 10.5 Å². The van der Waals surface area contributed by atoms with Crippen molar-refractivity contribution in [1.29, 1.82) is 0 Å². The van der Waals surface area contributed by atoms with Crippen LogP contribution in [0.15, 0.2) is 47.1 Å². The number of methoxy groups -OCH3 is 1. The van der Waals surface area contributed by atoms with Gasteiger partial charge in [-0.3, -0.25) is 4.40 Å². The number of ether oxygens (including phenoxy) is 1. The second-order valence-electron chi connectivity index (χ2n) is 7.62. The number of benzene rings is 1. The summed E-state index contributed by atoms with van der Waals surface area (Å²) in [4.78, 5) is 6.44. The van der Waals surface area contributed by atoms with Crippen LogP contribution in [0, 0.1) is 0 Å². The summed E-state index contributed by atoms with van der Waals surface area (Å²) >= 11 is 0. The molecule has 1 aliphatic rings. The number of hydrogen-bond donors (Lipinski definition) is 0. The molecular weight excluding hydrogens is 425 g/mol. The Bertz CT molecular complexity index is 1250. The highest BCUT2D eigenvalue weighted by Crippen LogP contribution is 2.33. The van der Waals surface area contributed by atoms with Crippen LogP contribution in [-0.2, 0) is 6.18 Å². The maximum Gasteiger partial charge on any atom is 0.417 e. The summed E-state index contributed by atoms with van der Waals surface area (Å²) in [5.74, 6) is 1.48. The molecule has 0 N–H and O–H groups in total. The SMILES string of the molecule is COc1cccc(-c2noc(N3CCCC(c4nnc5ccc(C(F)(F)F)cn45)C3)n2)c1. The largest absolute Gasteiger partial charge is 0.497 e. The first-order chi connectivity index (χ1) is 15.4. The van der Waals surface area contributed by atoms with E-state index in [4.69, 9.17) is 9.26 Å². The molecule has 166 valence electrons. The lowest BCUT2D eigenvalue weighted by molar-refractivity contribution is -0.137. The number of piperidine rings is 1. The molecule has 0 bridgehead atoms. The molecule has 1 saturated heterocycles. The molecule has 1 fully saturated rings. The van der Waals surface area contributed by atoms with Gasteiger partial charge < -0.3 is 14.2 Å². The van der Waals surface area contributed by atoms with Crippen molar-refractivity contribution in [2.45, 2.75) is 24.9 Å². The summed E-state index contributed by atoms with van der Waals surface area (Å²) in [7, 11) is 1.58. The molecule has 1 unspecified atom stereocenters. The molecule has 5 rings (SSSR count). The van der Waals surface area contributed by atoms with Crippen LogP contribution in [0.1, 0.15) is 30.1 Å². The zero-order valence-corrected chi connectivity index (χ0v) is 17.1. The molecule has 4 heterocycles. The summed E-state index contributed by atoms with van der Waals surface area (Å²) in [6.45, 7) is 1.18. The average Bonchev–Trinajstić information content (AvgIpc) is 3.46. The van der Waals surface area contributed by atoms with Gasteiger partial charge in [-0.05, 0) is 37.1 Å². The van der Waals surface area contributed by atoms with Gasteiger partial charge >= 0.3 is 12.2 Å². The van der Waals surface area contributed by atoms with Gasteiger partial charge in [0.05, 0.1) is 12.7 Å². The van der Waals surface area contributed by atoms with Crippen LogP contribution in [0.25, 0.3) is 17.0 Å². The molecule has 1 aliphatic heterocycles.